The molecule has 0 fully saturated rings. The molecule has 1 heterocycles. The Morgan fingerprint density at radius 1 is 0.867 bits per heavy atom. The lowest BCUT2D eigenvalue weighted by Gasteiger charge is -2.23. The number of hydrogen-bond acceptors (Lipinski definition) is 7. The molecule has 0 aliphatic rings. The summed E-state index contributed by atoms with van der Waals surface area (Å²) in [5.74, 6) is -1.20. The smallest absolute Gasteiger partial charge is 0.408 e. The van der Waals surface area contributed by atoms with E-state index in [4.69, 9.17) is 20.6 Å². The zero-order chi connectivity index (χ0) is 32.2. The Hall–Kier alpha value is -5.65. The van der Waals surface area contributed by atoms with Crippen LogP contribution in [-0.4, -0.2) is 42.5 Å². The number of nitrogens with zero attached hydrogens (tertiary/aromatic N) is 1. The van der Waals surface area contributed by atoms with Crippen molar-refractivity contribution in [3.8, 4) is 0 Å². The Balaban J connectivity index is 1.51. The number of nitrogens with two attached hydrogens (primary N) is 2. The number of alkyl carbamates (subject to hydrolysis) is 1. The summed E-state index contributed by atoms with van der Waals surface area (Å²) >= 11 is 0. The highest BCUT2D eigenvalue weighted by Gasteiger charge is 2.27. The summed E-state index contributed by atoms with van der Waals surface area (Å²) in [5, 5.41) is 8.92. The largest absolute Gasteiger partial charge is 0.445 e. The Bertz CT molecular complexity index is 1700. The Kier molecular flexibility index (Phi) is 11.3. The maximum absolute atomic E-state index is 13.6. The predicted molar refractivity (Wildman–Crippen MR) is 171 cm³/mol. The molecule has 0 bridgehead atoms. The predicted octanol–water partition coefficient (Wildman–Crippen LogP) is 3.12. The minimum Gasteiger partial charge on any atom is -0.445 e. The van der Waals surface area contributed by atoms with E-state index in [1.165, 1.54) is 6.07 Å². The number of amides is 3. The maximum atomic E-state index is 13.6. The topological polar surface area (TPSA) is 191 Å². The molecule has 0 unspecified atom stereocenters. The molecular formula is C33H36N6O6. The molecule has 12 nitrogen and oxygen atoms in total. The number of rotatable bonds is 13. The molecule has 4 aromatic rings. The van der Waals surface area contributed by atoms with Crippen molar-refractivity contribution in [1.29, 1.82) is 0 Å². The number of aryl methyl sites for hydroxylation is 1. The molecule has 0 saturated carbocycles. The van der Waals surface area contributed by atoms with Gasteiger partial charge in [-0.3, -0.25) is 14.6 Å². The number of fused-ring (bicyclic) bond motifs is 1. The second-order valence-electron chi connectivity index (χ2n) is 10.4. The first-order chi connectivity index (χ1) is 21.7. The van der Waals surface area contributed by atoms with Crippen molar-refractivity contribution < 1.29 is 23.5 Å². The fourth-order valence-corrected chi connectivity index (χ4v) is 4.64. The van der Waals surface area contributed by atoms with Gasteiger partial charge in [-0.15, -0.1) is 0 Å². The van der Waals surface area contributed by atoms with Crippen LogP contribution in [0.1, 0.15) is 29.5 Å². The molecule has 1 aromatic heterocycles. The van der Waals surface area contributed by atoms with Crippen molar-refractivity contribution in [3.63, 3.8) is 0 Å². The van der Waals surface area contributed by atoms with Crippen LogP contribution in [0.5, 0.6) is 0 Å². The summed E-state index contributed by atoms with van der Waals surface area (Å²) in [6.07, 6.45) is -0.0695. The Labute approximate surface area is 259 Å². The molecule has 0 aliphatic carbocycles. The molecule has 12 heteroatoms. The van der Waals surface area contributed by atoms with Crippen LogP contribution in [0.2, 0.25) is 0 Å². The third kappa shape index (κ3) is 9.95. The van der Waals surface area contributed by atoms with Gasteiger partial charge in [0.2, 0.25) is 11.8 Å². The first-order valence-electron chi connectivity index (χ1n) is 14.4. The molecule has 0 spiro atoms. The molecule has 3 amide bonds. The third-order valence-corrected chi connectivity index (χ3v) is 6.90. The molecule has 45 heavy (non-hydrogen) atoms. The summed E-state index contributed by atoms with van der Waals surface area (Å²) in [5.41, 5.74) is 13.4. The maximum Gasteiger partial charge on any atom is 0.408 e. The van der Waals surface area contributed by atoms with Crippen LogP contribution in [0, 0.1) is 6.92 Å². The average Bonchev–Trinajstić information content (AvgIpc) is 3.01. The van der Waals surface area contributed by atoms with Crippen molar-refractivity contribution >= 4 is 40.5 Å². The number of carbonyl (C=O) groups excluding carboxylic acids is 3. The van der Waals surface area contributed by atoms with Gasteiger partial charge in [-0.2, -0.15) is 0 Å². The van der Waals surface area contributed by atoms with Crippen molar-refractivity contribution in [2.24, 2.45) is 16.5 Å². The van der Waals surface area contributed by atoms with E-state index < -0.39 is 35.6 Å². The molecule has 0 aliphatic heterocycles. The Morgan fingerprint density at radius 3 is 2.24 bits per heavy atom. The highest BCUT2D eigenvalue weighted by atomic mass is 16.5. The summed E-state index contributed by atoms with van der Waals surface area (Å²) in [6.45, 7) is 2.05. The highest BCUT2D eigenvalue weighted by Crippen LogP contribution is 2.21. The van der Waals surface area contributed by atoms with Crippen LogP contribution in [0.25, 0.3) is 11.0 Å². The third-order valence-electron chi connectivity index (χ3n) is 6.90. The number of carbonyl (C=O) groups is 3. The molecule has 234 valence electrons. The first kappa shape index (κ1) is 32.3. The van der Waals surface area contributed by atoms with Crippen LogP contribution < -0.4 is 33.0 Å². The SMILES string of the molecule is Cc1cc(=O)oc2cc(NC(=O)[C@@H](CCCN=C(N)N)NC(=O)[C@@H](Cc3ccccc3)NC(=O)OCc3ccccc3)ccc12. The van der Waals surface area contributed by atoms with Crippen LogP contribution in [0.3, 0.4) is 0 Å². The van der Waals surface area contributed by atoms with E-state index in [1.807, 2.05) is 60.7 Å². The quantitative estimate of drug-likeness (QED) is 0.0658. The lowest BCUT2D eigenvalue weighted by molar-refractivity contribution is -0.128. The second kappa shape index (κ2) is 15.7. The zero-order valence-corrected chi connectivity index (χ0v) is 24.8. The standard InChI is InChI=1S/C33H36N6O6/c1-21-17-29(40)45-28-19-24(14-15-25(21)28)37-30(41)26(13-8-16-36-32(34)35)38-31(42)27(18-22-9-4-2-5-10-22)39-33(43)44-20-23-11-6-3-7-12-23/h2-7,9-12,14-15,17,19,26-27H,8,13,16,18,20H2,1H3,(H,37,41)(H,38,42)(H,39,43)(H4,34,35,36)/t26-,27-/m1/s1. The van der Waals surface area contributed by atoms with E-state index in [2.05, 4.69) is 20.9 Å². The number of nitrogens with one attached hydrogen (secondary N) is 3. The average molecular weight is 613 g/mol. The summed E-state index contributed by atoms with van der Waals surface area (Å²) in [7, 11) is 0. The van der Waals surface area contributed by atoms with Gasteiger partial charge in [-0.25, -0.2) is 9.59 Å². The van der Waals surface area contributed by atoms with E-state index in [0.29, 0.717) is 17.7 Å². The molecule has 3 aromatic carbocycles. The van der Waals surface area contributed by atoms with Gasteiger partial charge in [0, 0.05) is 36.2 Å². The van der Waals surface area contributed by atoms with Gasteiger partial charge in [-0.05, 0) is 48.6 Å². The summed E-state index contributed by atoms with van der Waals surface area (Å²) in [4.78, 5) is 55.7. The number of aliphatic imine (C=N–C) groups is 1. The van der Waals surface area contributed by atoms with Crippen molar-refractivity contribution in [2.45, 2.75) is 44.9 Å². The van der Waals surface area contributed by atoms with E-state index in [0.717, 1.165) is 22.1 Å². The summed E-state index contributed by atoms with van der Waals surface area (Å²) in [6, 6.07) is 22.6. The lowest BCUT2D eigenvalue weighted by Crippen LogP contribution is -2.53. The lowest BCUT2D eigenvalue weighted by atomic mass is 10.0. The second-order valence-corrected chi connectivity index (χ2v) is 10.4. The monoisotopic (exact) mass is 612 g/mol. The van der Waals surface area contributed by atoms with E-state index in [1.54, 1.807) is 25.1 Å². The number of hydrogen-bond donors (Lipinski definition) is 5. The Morgan fingerprint density at radius 2 is 1.56 bits per heavy atom. The van der Waals surface area contributed by atoms with Gasteiger partial charge in [0.05, 0.1) is 0 Å². The fourth-order valence-electron chi connectivity index (χ4n) is 4.64. The van der Waals surface area contributed by atoms with Crippen molar-refractivity contribution in [2.75, 3.05) is 11.9 Å². The van der Waals surface area contributed by atoms with E-state index in [-0.39, 0.29) is 32.0 Å². The van der Waals surface area contributed by atoms with Gasteiger partial charge >= 0.3 is 11.7 Å². The van der Waals surface area contributed by atoms with Gasteiger partial charge in [-0.1, -0.05) is 60.7 Å². The van der Waals surface area contributed by atoms with Crippen LogP contribution >= 0.6 is 0 Å². The van der Waals surface area contributed by atoms with Gasteiger partial charge < -0.3 is 36.6 Å². The molecule has 7 N–H and O–H groups in total. The fraction of sp³-hybridized carbons (Fsp3) is 0.242. The van der Waals surface area contributed by atoms with Gasteiger partial charge in [0.1, 0.15) is 24.3 Å². The van der Waals surface area contributed by atoms with Crippen LogP contribution in [-0.2, 0) is 27.4 Å². The first-order valence-corrected chi connectivity index (χ1v) is 14.4. The normalized spacial score (nSPS) is 12.0. The molecular weight excluding hydrogens is 576 g/mol. The molecule has 4 rings (SSSR count). The summed E-state index contributed by atoms with van der Waals surface area (Å²) < 4.78 is 10.7. The zero-order valence-electron chi connectivity index (χ0n) is 24.8. The van der Waals surface area contributed by atoms with Crippen molar-refractivity contribution in [3.05, 3.63) is 112 Å². The number of anilines is 1. The number of benzene rings is 3. The minimum absolute atomic E-state index is 0.0214. The molecule has 2 atom stereocenters. The minimum atomic E-state index is -1.05. The molecule has 0 radical (unpaired) electrons. The van der Waals surface area contributed by atoms with Gasteiger partial charge in [0.15, 0.2) is 5.96 Å². The van der Waals surface area contributed by atoms with E-state index in [9.17, 15) is 19.2 Å². The van der Waals surface area contributed by atoms with Gasteiger partial charge in [0.25, 0.3) is 0 Å². The highest BCUT2D eigenvalue weighted by molar-refractivity contribution is 5.99. The van der Waals surface area contributed by atoms with Crippen LogP contribution in [0.15, 0.2) is 99.1 Å². The van der Waals surface area contributed by atoms with E-state index >= 15 is 0 Å². The van der Waals surface area contributed by atoms with Crippen LogP contribution in [0.4, 0.5) is 10.5 Å². The number of ether oxygens (including phenoxy) is 1. The van der Waals surface area contributed by atoms with Crippen molar-refractivity contribution in [1.82, 2.24) is 10.6 Å². The molecule has 0 saturated heterocycles. The number of guanidine groups is 1.